The van der Waals surface area contributed by atoms with Crippen LogP contribution in [0.15, 0.2) is 47.4 Å². The highest BCUT2D eigenvalue weighted by atomic mass is 32.2. The summed E-state index contributed by atoms with van der Waals surface area (Å²) in [5.41, 5.74) is 3.87. The van der Waals surface area contributed by atoms with Gasteiger partial charge >= 0.3 is 0 Å². The predicted molar refractivity (Wildman–Crippen MR) is 115 cm³/mol. The zero-order valence-corrected chi connectivity index (χ0v) is 18.1. The number of nitrogens with zero attached hydrogens (tertiary/aromatic N) is 2. The Morgan fingerprint density at radius 2 is 1.55 bits per heavy atom. The second kappa shape index (κ2) is 9.07. The molecule has 1 N–H and O–H groups in total. The fraction of sp³-hybridized carbons (Fsp3) is 0.409. The number of amides is 1. The summed E-state index contributed by atoms with van der Waals surface area (Å²) in [7, 11) is -3.43. The second-order valence-corrected chi connectivity index (χ2v) is 9.53. The molecule has 1 fully saturated rings. The fourth-order valence-electron chi connectivity index (χ4n) is 3.89. The Morgan fingerprint density at radius 1 is 0.966 bits per heavy atom. The SMILES string of the molecule is Cc1cc(C)c(C(=O)NCCN2CCN(S(=O)(=O)c3ccccc3)CC2)c(C)c1. The van der Waals surface area contributed by atoms with Crippen LogP contribution in [0, 0.1) is 20.8 Å². The monoisotopic (exact) mass is 415 g/mol. The smallest absolute Gasteiger partial charge is 0.251 e. The second-order valence-electron chi connectivity index (χ2n) is 7.59. The molecular formula is C22H29N3O3S. The van der Waals surface area contributed by atoms with Crippen molar-refractivity contribution in [3.05, 3.63) is 64.7 Å². The van der Waals surface area contributed by atoms with E-state index in [9.17, 15) is 13.2 Å². The van der Waals surface area contributed by atoms with Gasteiger partial charge in [-0.25, -0.2) is 8.42 Å². The van der Waals surface area contributed by atoms with Crippen molar-refractivity contribution in [1.82, 2.24) is 14.5 Å². The van der Waals surface area contributed by atoms with Crippen LogP contribution in [-0.2, 0) is 10.0 Å². The number of hydrogen-bond donors (Lipinski definition) is 1. The Kier molecular flexibility index (Phi) is 6.72. The standard InChI is InChI=1S/C22H29N3O3S/c1-17-15-18(2)21(19(3)16-17)22(26)23-9-10-24-11-13-25(14-12-24)29(27,28)20-7-5-4-6-8-20/h4-8,15-16H,9-14H2,1-3H3,(H,23,26). The number of carbonyl (C=O) groups excluding carboxylic acids is 1. The lowest BCUT2D eigenvalue weighted by molar-refractivity contribution is 0.0944. The van der Waals surface area contributed by atoms with Gasteiger partial charge in [0.2, 0.25) is 10.0 Å². The number of nitrogens with one attached hydrogen (secondary N) is 1. The summed E-state index contributed by atoms with van der Waals surface area (Å²) >= 11 is 0. The van der Waals surface area contributed by atoms with Crippen molar-refractivity contribution in [3.8, 4) is 0 Å². The minimum absolute atomic E-state index is 0.0507. The summed E-state index contributed by atoms with van der Waals surface area (Å²) in [4.78, 5) is 15.1. The van der Waals surface area contributed by atoms with Crippen molar-refractivity contribution >= 4 is 15.9 Å². The van der Waals surface area contributed by atoms with Gasteiger partial charge in [-0.1, -0.05) is 35.9 Å². The van der Waals surface area contributed by atoms with E-state index in [1.54, 1.807) is 24.3 Å². The van der Waals surface area contributed by atoms with Gasteiger partial charge in [0.1, 0.15) is 0 Å². The Labute approximate surface area is 173 Å². The van der Waals surface area contributed by atoms with Crippen LogP contribution in [0.4, 0.5) is 0 Å². The van der Waals surface area contributed by atoms with E-state index in [4.69, 9.17) is 0 Å². The van der Waals surface area contributed by atoms with Crippen LogP contribution in [0.1, 0.15) is 27.0 Å². The molecule has 0 aromatic heterocycles. The van der Waals surface area contributed by atoms with Gasteiger partial charge in [-0.05, 0) is 44.0 Å². The molecule has 2 aromatic rings. The van der Waals surface area contributed by atoms with Crippen molar-refractivity contribution in [1.29, 1.82) is 0 Å². The average molecular weight is 416 g/mol. The third kappa shape index (κ3) is 5.04. The van der Waals surface area contributed by atoms with E-state index in [0.717, 1.165) is 22.3 Å². The fourth-order valence-corrected chi connectivity index (χ4v) is 5.33. The molecule has 7 heteroatoms. The van der Waals surface area contributed by atoms with Crippen LogP contribution in [0.25, 0.3) is 0 Å². The molecule has 0 aliphatic carbocycles. The molecule has 6 nitrogen and oxygen atoms in total. The Balaban J connectivity index is 1.49. The van der Waals surface area contributed by atoms with Crippen LogP contribution in [0.3, 0.4) is 0 Å². The largest absolute Gasteiger partial charge is 0.351 e. The highest BCUT2D eigenvalue weighted by molar-refractivity contribution is 7.89. The quantitative estimate of drug-likeness (QED) is 0.786. The molecule has 0 atom stereocenters. The van der Waals surface area contributed by atoms with Gasteiger partial charge in [0.05, 0.1) is 4.90 Å². The van der Waals surface area contributed by atoms with E-state index in [0.29, 0.717) is 44.2 Å². The molecule has 2 aromatic carbocycles. The first kappa shape index (κ1) is 21.5. The third-order valence-electron chi connectivity index (χ3n) is 5.33. The van der Waals surface area contributed by atoms with E-state index < -0.39 is 10.0 Å². The van der Waals surface area contributed by atoms with Crippen molar-refractivity contribution in [3.63, 3.8) is 0 Å². The van der Waals surface area contributed by atoms with E-state index in [-0.39, 0.29) is 5.91 Å². The van der Waals surface area contributed by atoms with Crippen LogP contribution < -0.4 is 5.32 Å². The molecule has 29 heavy (non-hydrogen) atoms. The summed E-state index contributed by atoms with van der Waals surface area (Å²) in [6.07, 6.45) is 0. The highest BCUT2D eigenvalue weighted by Gasteiger charge is 2.28. The van der Waals surface area contributed by atoms with Gasteiger partial charge in [-0.2, -0.15) is 4.31 Å². The Morgan fingerprint density at radius 3 is 2.14 bits per heavy atom. The number of aryl methyl sites for hydroxylation is 3. The van der Waals surface area contributed by atoms with E-state index in [1.165, 1.54) is 4.31 Å². The number of hydrogen-bond acceptors (Lipinski definition) is 4. The lowest BCUT2D eigenvalue weighted by Crippen LogP contribution is -2.50. The lowest BCUT2D eigenvalue weighted by Gasteiger charge is -2.34. The number of benzene rings is 2. The van der Waals surface area contributed by atoms with E-state index in [2.05, 4.69) is 10.2 Å². The van der Waals surface area contributed by atoms with Gasteiger partial charge in [0.25, 0.3) is 5.91 Å². The lowest BCUT2D eigenvalue weighted by atomic mass is 9.99. The minimum atomic E-state index is -3.43. The van der Waals surface area contributed by atoms with Crippen LogP contribution in [0.5, 0.6) is 0 Å². The van der Waals surface area contributed by atoms with Crippen LogP contribution >= 0.6 is 0 Å². The normalized spacial score (nSPS) is 16.0. The molecule has 0 spiro atoms. The van der Waals surface area contributed by atoms with Crippen molar-refractivity contribution in [2.24, 2.45) is 0 Å². The maximum Gasteiger partial charge on any atom is 0.251 e. The van der Waals surface area contributed by atoms with Crippen LogP contribution in [0.2, 0.25) is 0 Å². The van der Waals surface area contributed by atoms with E-state index in [1.807, 2.05) is 39.0 Å². The van der Waals surface area contributed by atoms with Crippen molar-refractivity contribution < 1.29 is 13.2 Å². The molecule has 0 saturated carbocycles. The predicted octanol–water partition coefficient (Wildman–Crippen LogP) is 2.35. The molecule has 1 amide bonds. The van der Waals surface area contributed by atoms with Crippen LogP contribution in [-0.4, -0.2) is 62.8 Å². The summed E-state index contributed by atoms with van der Waals surface area (Å²) in [5, 5.41) is 3.00. The number of sulfonamides is 1. The first-order chi connectivity index (χ1) is 13.8. The third-order valence-corrected chi connectivity index (χ3v) is 7.24. The summed E-state index contributed by atoms with van der Waals surface area (Å²) in [5.74, 6) is -0.0507. The molecule has 1 aliphatic rings. The molecule has 156 valence electrons. The maximum atomic E-state index is 12.7. The highest BCUT2D eigenvalue weighted by Crippen LogP contribution is 2.18. The number of piperazine rings is 1. The minimum Gasteiger partial charge on any atom is -0.351 e. The number of rotatable bonds is 6. The molecular weight excluding hydrogens is 386 g/mol. The van der Waals surface area contributed by atoms with Crippen molar-refractivity contribution in [2.75, 3.05) is 39.3 Å². The topological polar surface area (TPSA) is 69.7 Å². The first-order valence-electron chi connectivity index (χ1n) is 9.92. The molecule has 3 rings (SSSR count). The van der Waals surface area contributed by atoms with Crippen molar-refractivity contribution in [2.45, 2.75) is 25.7 Å². The zero-order valence-electron chi connectivity index (χ0n) is 17.3. The van der Waals surface area contributed by atoms with E-state index >= 15 is 0 Å². The molecule has 1 heterocycles. The van der Waals surface area contributed by atoms with Gasteiger partial charge in [0, 0.05) is 44.8 Å². The number of carbonyl (C=O) groups is 1. The summed E-state index contributed by atoms with van der Waals surface area (Å²) in [6.45, 7) is 9.42. The Bertz CT molecular complexity index is 943. The maximum absolute atomic E-state index is 12.7. The van der Waals surface area contributed by atoms with Gasteiger partial charge in [-0.3, -0.25) is 9.69 Å². The molecule has 1 aliphatic heterocycles. The molecule has 1 saturated heterocycles. The average Bonchev–Trinajstić information content (AvgIpc) is 2.68. The molecule has 0 unspecified atom stereocenters. The molecule has 0 bridgehead atoms. The van der Waals surface area contributed by atoms with Gasteiger partial charge in [-0.15, -0.1) is 0 Å². The summed E-state index contributed by atoms with van der Waals surface area (Å²) in [6, 6.07) is 12.6. The first-order valence-corrected chi connectivity index (χ1v) is 11.4. The summed E-state index contributed by atoms with van der Waals surface area (Å²) < 4.78 is 26.9. The molecule has 0 radical (unpaired) electrons. The zero-order chi connectivity index (χ0) is 21.0. The van der Waals surface area contributed by atoms with Gasteiger partial charge in [0.15, 0.2) is 0 Å². The Hall–Kier alpha value is -2.22. The van der Waals surface area contributed by atoms with Gasteiger partial charge < -0.3 is 5.32 Å².